The summed E-state index contributed by atoms with van der Waals surface area (Å²) < 4.78 is 5.35. The van der Waals surface area contributed by atoms with Gasteiger partial charge in [0, 0.05) is 50.5 Å². The summed E-state index contributed by atoms with van der Waals surface area (Å²) in [5.41, 5.74) is 1.94. The molecule has 7 heteroatoms. The molecule has 2 heterocycles. The second-order valence-electron chi connectivity index (χ2n) is 5.83. The van der Waals surface area contributed by atoms with Crippen molar-refractivity contribution in [3.05, 3.63) is 28.3 Å². The fourth-order valence-electron chi connectivity index (χ4n) is 3.09. The Morgan fingerprint density at radius 1 is 1.27 bits per heavy atom. The average molecular weight is 306 g/mol. The minimum Gasteiger partial charge on any atom is -0.378 e. The largest absolute Gasteiger partial charge is 0.378 e. The van der Waals surface area contributed by atoms with Gasteiger partial charge in [-0.15, -0.1) is 0 Å². The first-order valence-corrected chi connectivity index (χ1v) is 7.74. The topological polar surface area (TPSA) is 70.9 Å². The van der Waals surface area contributed by atoms with Gasteiger partial charge in [-0.2, -0.15) is 0 Å². The zero-order valence-electron chi connectivity index (χ0n) is 12.8. The van der Waals surface area contributed by atoms with E-state index in [0.29, 0.717) is 38.0 Å². The third kappa shape index (κ3) is 3.15. The Morgan fingerprint density at radius 3 is 2.73 bits per heavy atom. The van der Waals surface area contributed by atoms with E-state index in [1.807, 2.05) is 12.1 Å². The Bertz CT molecular complexity index is 546. The number of nitro benzene ring substituents is 1. The third-order valence-corrected chi connectivity index (χ3v) is 4.24. The maximum Gasteiger partial charge on any atom is 0.292 e. The monoisotopic (exact) mass is 306 g/mol. The van der Waals surface area contributed by atoms with Gasteiger partial charge in [-0.25, -0.2) is 0 Å². The molecular weight excluding hydrogens is 284 g/mol. The lowest BCUT2D eigenvalue weighted by atomic mass is 10.1. The molecule has 0 saturated carbocycles. The number of ether oxygens (including phenoxy) is 1. The molecule has 0 aromatic heterocycles. The van der Waals surface area contributed by atoms with Crippen LogP contribution in [0.1, 0.15) is 6.92 Å². The standard InChI is InChI=1S/C15H22N4O3/c1-12-11-18(5-4-16-12)13-2-3-14(19(20)21)15(10-13)17-6-8-22-9-7-17/h2-3,10,12,16H,4-9,11H2,1H3/t12-/m0/s1. The summed E-state index contributed by atoms with van der Waals surface area (Å²) in [6.45, 7) is 7.55. The second-order valence-corrected chi connectivity index (χ2v) is 5.83. The zero-order chi connectivity index (χ0) is 15.5. The molecule has 1 aromatic rings. The van der Waals surface area contributed by atoms with Crippen LogP contribution >= 0.6 is 0 Å². The molecule has 0 unspecified atom stereocenters. The first kappa shape index (κ1) is 15.1. The van der Waals surface area contributed by atoms with Crippen LogP contribution < -0.4 is 15.1 Å². The number of rotatable bonds is 3. The minimum atomic E-state index is -0.297. The van der Waals surface area contributed by atoms with E-state index in [1.165, 1.54) is 0 Å². The van der Waals surface area contributed by atoms with Crippen molar-refractivity contribution in [1.82, 2.24) is 5.32 Å². The molecule has 1 N–H and O–H groups in total. The first-order chi connectivity index (χ1) is 10.6. The molecule has 2 aliphatic rings. The highest BCUT2D eigenvalue weighted by molar-refractivity contribution is 5.70. The number of nitrogens with zero attached hydrogens (tertiary/aromatic N) is 3. The maximum atomic E-state index is 11.3. The van der Waals surface area contributed by atoms with E-state index < -0.39 is 0 Å². The fraction of sp³-hybridized carbons (Fsp3) is 0.600. The molecule has 0 radical (unpaired) electrons. The van der Waals surface area contributed by atoms with Crippen LogP contribution in [0.2, 0.25) is 0 Å². The normalized spacial score (nSPS) is 22.7. The van der Waals surface area contributed by atoms with Gasteiger partial charge in [0.1, 0.15) is 5.69 Å². The number of nitrogens with one attached hydrogen (secondary N) is 1. The molecule has 7 nitrogen and oxygen atoms in total. The summed E-state index contributed by atoms with van der Waals surface area (Å²) in [4.78, 5) is 15.4. The Hall–Kier alpha value is -1.86. The van der Waals surface area contributed by atoms with Crippen molar-refractivity contribution in [2.24, 2.45) is 0 Å². The van der Waals surface area contributed by atoms with Gasteiger partial charge in [-0.3, -0.25) is 10.1 Å². The van der Waals surface area contributed by atoms with Crippen molar-refractivity contribution in [2.75, 3.05) is 55.7 Å². The maximum absolute atomic E-state index is 11.3. The van der Waals surface area contributed by atoms with Gasteiger partial charge in [0.2, 0.25) is 0 Å². The van der Waals surface area contributed by atoms with Crippen LogP contribution in [0.4, 0.5) is 17.1 Å². The predicted molar refractivity (Wildman–Crippen MR) is 85.8 cm³/mol. The quantitative estimate of drug-likeness (QED) is 0.669. The number of morpholine rings is 1. The number of piperazine rings is 1. The fourth-order valence-corrected chi connectivity index (χ4v) is 3.09. The highest BCUT2D eigenvalue weighted by Crippen LogP contribution is 2.33. The van der Waals surface area contributed by atoms with Gasteiger partial charge < -0.3 is 19.9 Å². The molecule has 3 rings (SSSR count). The minimum absolute atomic E-state index is 0.175. The Kier molecular flexibility index (Phi) is 4.44. The Morgan fingerprint density at radius 2 is 2.05 bits per heavy atom. The van der Waals surface area contributed by atoms with E-state index in [2.05, 4.69) is 22.0 Å². The van der Waals surface area contributed by atoms with Gasteiger partial charge in [-0.1, -0.05) is 0 Å². The van der Waals surface area contributed by atoms with E-state index in [1.54, 1.807) is 6.07 Å². The van der Waals surface area contributed by atoms with Crippen LogP contribution in [0.3, 0.4) is 0 Å². The lowest BCUT2D eigenvalue weighted by Crippen LogP contribution is -2.49. The average Bonchev–Trinajstić information content (AvgIpc) is 2.55. The van der Waals surface area contributed by atoms with Crippen LogP contribution in [0, 0.1) is 10.1 Å². The highest BCUT2D eigenvalue weighted by atomic mass is 16.6. The molecule has 1 atom stereocenters. The molecular formula is C15H22N4O3. The van der Waals surface area contributed by atoms with Crippen LogP contribution in [0.15, 0.2) is 18.2 Å². The summed E-state index contributed by atoms with van der Waals surface area (Å²) in [5.74, 6) is 0. The van der Waals surface area contributed by atoms with Crippen LogP contribution in [0.25, 0.3) is 0 Å². The number of benzene rings is 1. The summed E-state index contributed by atoms with van der Waals surface area (Å²) in [7, 11) is 0. The highest BCUT2D eigenvalue weighted by Gasteiger charge is 2.24. The smallest absolute Gasteiger partial charge is 0.292 e. The van der Waals surface area contributed by atoms with Crippen molar-refractivity contribution in [3.63, 3.8) is 0 Å². The van der Waals surface area contributed by atoms with Gasteiger partial charge in [0.05, 0.1) is 18.1 Å². The first-order valence-electron chi connectivity index (χ1n) is 7.74. The van der Waals surface area contributed by atoms with Gasteiger partial charge in [0.25, 0.3) is 5.69 Å². The lowest BCUT2D eigenvalue weighted by molar-refractivity contribution is -0.384. The van der Waals surface area contributed by atoms with Crippen LogP contribution in [-0.2, 0) is 4.74 Å². The molecule has 120 valence electrons. The lowest BCUT2D eigenvalue weighted by Gasteiger charge is -2.35. The summed E-state index contributed by atoms with van der Waals surface area (Å²) >= 11 is 0. The zero-order valence-corrected chi connectivity index (χ0v) is 12.8. The van der Waals surface area contributed by atoms with Crippen molar-refractivity contribution < 1.29 is 9.66 Å². The summed E-state index contributed by atoms with van der Waals surface area (Å²) in [6.07, 6.45) is 0. The molecule has 0 aliphatic carbocycles. The SMILES string of the molecule is C[C@H]1CN(c2ccc([N+](=O)[O-])c(N3CCOCC3)c2)CCN1. The number of hydrogen-bond acceptors (Lipinski definition) is 6. The molecule has 0 amide bonds. The van der Waals surface area contributed by atoms with Gasteiger partial charge in [0.15, 0.2) is 0 Å². The van der Waals surface area contributed by atoms with Crippen LogP contribution in [-0.4, -0.2) is 56.9 Å². The van der Waals surface area contributed by atoms with Crippen molar-refractivity contribution >= 4 is 17.1 Å². The predicted octanol–water partition coefficient (Wildman–Crippen LogP) is 1.23. The molecule has 2 fully saturated rings. The van der Waals surface area contributed by atoms with E-state index in [4.69, 9.17) is 4.74 Å². The molecule has 0 bridgehead atoms. The van der Waals surface area contributed by atoms with Crippen molar-refractivity contribution in [1.29, 1.82) is 0 Å². The molecule has 1 aromatic carbocycles. The van der Waals surface area contributed by atoms with E-state index in [0.717, 1.165) is 25.3 Å². The number of anilines is 2. The number of nitro groups is 1. The van der Waals surface area contributed by atoms with Crippen molar-refractivity contribution in [3.8, 4) is 0 Å². The molecule has 2 saturated heterocycles. The Labute approximate surface area is 130 Å². The Balaban J connectivity index is 1.90. The van der Waals surface area contributed by atoms with Gasteiger partial charge >= 0.3 is 0 Å². The van der Waals surface area contributed by atoms with Gasteiger partial charge in [-0.05, 0) is 19.1 Å². The molecule has 0 spiro atoms. The van der Waals surface area contributed by atoms with E-state index in [9.17, 15) is 10.1 Å². The van der Waals surface area contributed by atoms with Crippen molar-refractivity contribution in [2.45, 2.75) is 13.0 Å². The third-order valence-electron chi connectivity index (χ3n) is 4.24. The molecule has 2 aliphatic heterocycles. The van der Waals surface area contributed by atoms with E-state index in [-0.39, 0.29) is 10.6 Å². The summed E-state index contributed by atoms with van der Waals surface area (Å²) in [6, 6.07) is 5.88. The van der Waals surface area contributed by atoms with Crippen LogP contribution in [0.5, 0.6) is 0 Å². The van der Waals surface area contributed by atoms with E-state index >= 15 is 0 Å². The second kappa shape index (κ2) is 6.50. The summed E-state index contributed by atoms with van der Waals surface area (Å²) in [5, 5.41) is 14.7. The molecule has 22 heavy (non-hydrogen) atoms. The number of hydrogen-bond donors (Lipinski definition) is 1.